The fourth-order valence-electron chi connectivity index (χ4n) is 2.18. The van der Waals surface area contributed by atoms with E-state index in [2.05, 4.69) is 10.6 Å². The predicted molar refractivity (Wildman–Crippen MR) is 74.6 cm³/mol. The molecule has 1 aromatic carbocycles. The van der Waals surface area contributed by atoms with Gasteiger partial charge in [-0.3, -0.25) is 4.79 Å². The zero-order valence-electron chi connectivity index (χ0n) is 11.5. The highest BCUT2D eigenvalue weighted by atomic mass is 32.2. The van der Waals surface area contributed by atoms with Gasteiger partial charge in [0.05, 0.1) is 17.2 Å². The van der Waals surface area contributed by atoms with E-state index in [1.807, 2.05) is 0 Å². The van der Waals surface area contributed by atoms with E-state index in [1.165, 1.54) is 0 Å². The van der Waals surface area contributed by atoms with E-state index in [-0.39, 0.29) is 30.2 Å². The average molecular weight is 336 g/mol. The molecule has 1 heterocycles. The number of nitrogens with one attached hydrogen (secondary N) is 2. The number of anilines is 1. The first-order valence-corrected chi connectivity index (χ1v) is 8.48. The van der Waals surface area contributed by atoms with E-state index in [0.29, 0.717) is 6.42 Å². The molecule has 22 heavy (non-hydrogen) atoms. The molecule has 9 heteroatoms. The standard InChI is InChI=1S/C13H15F3N2O3S/c14-9-1-2-10(13(16)12(9)15)17-5-3-11(19)18-8-4-6-22(20,21)7-8/h1-2,8,17H,3-7H2,(H,18,19). The maximum absolute atomic E-state index is 13.4. The molecule has 2 rings (SSSR count). The molecule has 1 aliphatic heterocycles. The highest BCUT2D eigenvalue weighted by molar-refractivity contribution is 7.91. The number of rotatable bonds is 5. The zero-order chi connectivity index (χ0) is 16.3. The minimum atomic E-state index is -3.08. The molecular weight excluding hydrogens is 321 g/mol. The van der Waals surface area contributed by atoms with E-state index >= 15 is 0 Å². The summed E-state index contributed by atoms with van der Waals surface area (Å²) in [5, 5.41) is 5.06. The Labute approximate surface area is 125 Å². The SMILES string of the molecule is O=C(CCNc1ccc(F)c(F)c1F)NC1CCS(=O)(=O)C1. The quantitative estimate of drug-likeness (QED) is 0.793. The van der Waals surface area contributed by atoms with Gasteiger partial charge in [-0.05, 0) is 18.6 Å². The molecule has 122 valence electrons. The molecule has 1 atom stereocenters. The van der Waals surface area contributed by atoms with Crippen LogP contribution in [0.3, 0.4) is 0 Å². The van der Waals surface area contributed by atoms with Gasteiger partial charge in [0.15, 0.2) is 27.3 Å². The first-order chi connectivity index (χ1) is 10.3. The number of hydrogen-bond donors (Lipinski definition) is 2. The predicted octanol–water partition coefficient (Wildman–Crippen LogP) is 1.21. The van der Waals surface area contributed by atoms with E-state index in [9.17, 15) is 26.4 Å². The molecule has 0 spiro atoms. The molecule has 0 radical (unpaired) electrons. The Kier molecular flexibility index (Phi) is 4.94. The van der Waals surface area contributed by atoms with Crippen molar-refractivity contribution in [3.05, 3.63) is 29.6 Å². The number of benzene rings is 1. The fraction of sp³-hybridized carbons (Fsp3) is 0.462. The van der Waals surface area contributed by atoms with Crippen LogP contribution in [0.5, 0.6) is 0 Å². The summed E-state index contributed by atoms with van der Waals surface area (Å²) >= 11 is 0. The van der Waals surface area contributed by atoms with Crippen molar-refractivity contribution in [2.75, 3.05) is 23.4 Å². The van der Waals surface area contributed by atoms with E-state index in [0.717, 1.165) is 12.1 Å². The zero-order valence-corrected chi connectivity index (χ0v) is 12.4. The van der Waals surface area contributed by atoms with Crippen LogP contribution in [0.25, 0.3) is 0 Å². The van der Waals surface area contributed by atoms with Gasteiger partial charge in [0.25, 0.3) is 0 Å². The van der Waals surface area contributed by atoms with Crippen LogP contribution >= 0.6 is 0 Å². The van der Waals surface area contributed by atoms with Gasteiger partial charge in [-0.2, -0.15) is 0 Å². The van der Waals surface area contributed by atoms with Crippen LogP contribution in [0.4, 0.5) is 18.9 Å². The molecule has 0 aromatic heterocycles. The summed E-state index contributed by atoms with van der Waals surface area (Å²) in [5.74, 6) is -4.63. The summed E-state index contributed by atoms with van der Waals surface area (Å²) < 4.78 is 61.6. The number of sulfone groups is 1. The van der Waals surface area contributed by atoms with Crippen LogP contribution in [0.1, 0.15) is 12.8 Å². The lowest BCUT2D eigenvalue weighted by Crippen LogP contribution is -2.36. The summed E-state index contributed by atoms with van der Waals surface area (Å²) in [6, 6.07) is 1.41. The Morgan fingerprint density at radius 1 is 1.23 bits per heavy atom. The third-order valence-corrected chi connectivity index (χ3v) is 5.07. The summed E-state index contributed by atoms with van der Waals surface area (Å²) in [6.07, 6.45) is 0.328. The normalized spacial score (nSPS) is 19.9. The topological polar surface area (TPSA) is 75.3 Å². The Bertz CT molecular complexity index is 679. The van der Waals surface area contributed by atoms with Crippen LogP contribution < -0.4 is 10.6 Å². The smallest absolute Gasteiger partial charge is 0.222 e. The molecule has 1 amide bonds. The van der Waals surface area contributed by atoms with Crippen LogP contribution in [0.2, 0.25) is 0 Å². The van der Waals surface area contributed by atoms with Gasteiger partial charge in [0, 0.05) is 19.0 Å². The van der Waals surface area contributed by atoms with Crippen LogP contribution in [0.15, 0.2) is 12.1 Å². The maximum Gasteiger partial charge on any atom is 0.222 e. The van der Waals surface area contributed by atoms with Gasteiger partial charge < -0.3 is 10.6 Å². The lowest BCUT2D eigenvalue weighted by Gasteiger charge is -2.12. The van der Waals surface area contributed by atoms with Gasteiger partial charge in [-0.15, -0.1) is 0 Å². The van der Waals surface area contributed by atoms with E-state index in [1.54, 1.807) is 0 Å². The number of carbonyl (C=O) groups excluding carboxylic acids is 1. The molecule has 1 unspecified atom stereocenters. The molecule has 1 aromatic rings. The van der Waals surface area contributed by atoms with Crippen molar-refractivity contribution in [3.63, 3.8) is 0 Å². The third kappa shape index (κ3) is 4.12. The number of amides is 1. The Balaban J connectivity index is 1.79. The van der Waals surface area contributed by atoms with Crippen molar-refractivity contribution in [2.45, 2.75) is 18.9 Å². The highest BCUT2D eigenvalue weighted by Gasteiger charge is 2.28. The van der Waals surface area contributed by atoms with Gasteiger partial charge in [0.2, 0.25) is 5.91 Å². The first-order valence-electron chi connectivity index (χ1n) is 6.65. The molecule has 1 saturated heterocycles. The van der Waals surface area contributed by atoms with Crippen LogP contribution in [0, 0.1) is 17.5 Å². The summed E-state index contributed by atoms with van der Waals surface area (Å²) in [6.45, 7) is 0.00724. The van der Waals surface area contributed by atoms with Crippen molar-refractivity contribution < 1.29 is 26.4 Å². The molecule has 1 fully saturated rings. The summed E-state index contributed by atoms with van der Waals surface area (Å²) in [5.41, 5.74) is -0.241. The molecule has 0 saturated carbocycles. The highest BCUT2D eigenvalue weighted by Crippen LogP contribution is 2.19. The monoisotopic (exact) mass is 336 g/mol. The summed E-state index contributed by atoms with van der Waals surface area (Å²) in [4.78, 5) is 11.6. The van der Waals surface area contributed by atoms with Crippen molar-refractivity contribution in [3.8, 4) is 0 Å². The molecule has 1 aliphatic rings. The average Bonchev–Trinajstić information content (AvgIpc) is 2.78. The lowest BCUT2D eigenvalue weighted by molar-refractivity contribution is -0.121. The van der Waals surface area contributed by atoms with Crippen molar-refractivity contribution >= 4 is 21.4 Å². The number of carbonyl (C=O) groups is 1. The Morgan fingerprint density at radius 2 is 1.95 bits per heavy atom. The minimum Gasteiger partial charge on any atom is -0.382 e. The fourth-order valence-corrected chi connectivity index (χ4v) is 3.86. The second-order valence-corrected chi connectivity index (χ2v) is 7.30. The number of hydrogen-bond acceptors (Lipinski definition) is 4. The summed E-state index contributed by atoms with van der Waals surface area (Å²) in [7, 11) is -3.08. The largest absolute Gasteiger partial charge is 0.382 e. The second kappa shape index (κ2) is 6.55. The molecule has 5 nitrogen and oxygen atoms in total. The van der Waals surface area contributed by atoms with Gasteiger partial charge in [-0.1, -0.05) is 0 Å². The number of halogens is 3. The van der Waals surface area contributed by atoms with Gasteiger partial charge >= 0.3 is 0 Å². The second-order valence-electron chi connectivity index (χ2n) is 5.07. The van der Waals surface area contributed by atoms with Crippen molar-refractivity contribution in [2.24, 2.45) is 0 Å². The van der Waals surface area contributed by atoms with Crippen molar-refractivity contribution in [1.82, 2.24) is 5.32 Å². The molecule has 0 bridgehead atoms. The van der Waals surface area contributed by atoms with Crippen LogP contribution in [-0.4, -0.2) is 38.4 Å². The molecule has 2 N–H and O–H groups in total. The third-order valence-electron chi connectivity index (χ3n) is 3.30. The maximum atomic E-state index is 13.4. The van der Waals surface area contributed by atoms with E-state index in [4.69, 9.17) is 0 Å². The molecule has 0 aliphatic carbocycles. The van der Waals surface area contributed by atoms with Crippen LogP contribution in [-0.2, 0) is 14.6 Å². The lowest BCUT2D eigenvalue weighted by atomic mass is 10.2. The van der Waals surface area contributed by atoms with Crippen molar-refractivity contribution in [1.29, 1.82) is 0 Å². The Hall–Kier alpha value is -1.77. The Morgan fingerprint density at radius 3 is 2.59 bits per heavy atom. The molecular formula is C13H15F3N2O3S. The van der Waals surface area contributed by atoms with Gasteiger partial charge in [0.1, 0.15) is 0 Å². The first kappa shape index (κ1) is 16.6. The van der Waals surface area contributed by atoms with E-state index < -0.39 is 39.2 Å². The van der Waals surface area contributed by atoms with Gasteiger partial charge in [-0.25, -0.2) is 21.6 Å². The minimum absolute atomic E-state index is 0.00724.